The van der Waals surface area contributed by atoms with Crippen LogP contribution in [-0.2, 0) is 22.7 Å². The summed E-state index contributed by atoms with van der Waals surface area (Å²) in [6, 6.07) is 9.18. The summed E-state index contributed by atoms with van der Waals surface area (Å²) >= 11 is 0. The average molecular weight is 372 g/mol. The van der Waals surface area contributed by atoms with Crippen LogP contribution in [0.4, 0.5) is 0 Å². The second-order valence-corrected chi connectivity index (χ2v) is 6.60. The summed E-state index contributed by atoms with van der Waals surface area (Å²) in [5.41, 5.74) is 0.851. The number of furan rings is 1. The number of hydrogen-bond donors (Lipinski definition) is 0. The number of rotatable bonds is 7. The first-order valence-corrected chi connectivity index (χ1v) is 8.78. The summed E-state index contributed by atoms with van der Waals surface area (Å²) in [7, 11) is 4.89. The molecule has 1 aliphatic heterocycles. The molecule has 3 rings (SSSR count). The zero-order chi connectivity index (χ0) is 19.4. The van der Waals surface area contributed by atoms with Crippen LogP contribution in [0, 0.1) is 5.92 Å². The van der Waals surface area contributed by atoms with Crippen LogP contribution in [0.1, 0.15) is 17.7 Å². The lowest BCUT2D eigenvalue weighted by Gasteiger charge is -2.23. The molecule has 1 fully saturated rings. The smallest absolute Gasteiger partial charge is 0.228 e. The fraction of sp³-hybridized carbons (Fsp3) is 0.400. The molecule has 2 aromatic rings. The standard InChI is InChI=1S/C20H24N2O5/c1-21(11-14-6-4-8-17(25-2)19(14)26-3)20(24)15-10-18(23)22(12-15)13-16-7-5-9-27-16/h4-9,15H,10-13H2,1-3H3. The molecule has 1 aromatic heterocycles. The fourth-order valence-corrected chi connectivity index (χ4v) is 3.40. The molecule has 1 unspecified atom stereocenters. The quantitative estimate of drug-likeness (QED) is 0.746. The highest BCUT2D eigenvalue weighted by atomic mass is 16.5. The van der Waals surface area contributed by atoms with Crippen LogP contribution < -0.4 is 9.47 Å². The second kappa shape index (κ2) is 8.16. The van der Waals surface area contributed by atoms with Gasteiger partial charge in [0.25, 0.3) is 0 Å². The molecule has 1 aliphatic rings. The Bertz CT molecular complexity index is 803. The van der Waals surface area contributed by atoms with Gasteiger partial charge in [0.1, 0.15) is 5.76 Å². The lowest BCUT2D eigenvalue weighted by atomic mass is 10.1. The van der Waals surface area contributed by atoms with Crippen LogP contribution in [0.3, 0.4) is 0 Å². The van der Waals surface area contributed by atoms with Gasteiger partial charge in [-0.3, -0.25) is 9.59 Å². The van der Waals surface area contributed by atoms with Gasteiger partial charge in [-0.15, -0.1) is 0 Å². The Morgan fingerprint density at radius 3 is 2.74 bits per heavy atom. The number of nitrogens with zero attached hydrogens (tertiary/aromatic N) is 2. The summed E-state index contributed by atoms with van der Waals surface area (Å²) in [6.07, 6.45) is 1.80. The lowest BCUT2D eigenvalue weighted by molar-refractivity contribution is -0.135. The number of hydrogen-bond acceptors (Lipinski definition) is 5. The van der Waals surface area contributed by atoms with Crippen LogP contribution in [0.25, 0.3) is 0 Å². The molecule has 1 atom stereocenters. The highest BCUT2D eigenvalue weighted by Gasteiger charge is 2.36. The van der Waals surface area contributed by atoms with Crippen molar-refractivity contribution in [3.05, 3.63) is 47.9 Å². The van der Waals surface area contributed by atoms with Gasteiger partial charge in [0.15, 0.2) is 11.5 Å². The molecule has 2 amide bonds. The molecular formula is C20H24N2O5. The van der Waals surface area contributed by atoms with Crippen molar-refractivity contribution in [1.82, 2.24) is 9.80 Å². The van der Waals surface area contributed by atoms with Crippen molar-refractivity contribution in [3.8, 4) is 11.5 Å². The third kappa shape index (κ3) is 4.07. The molecule has 144 valence electrons. The van der Waals surface area contributed by atoms with Gasteiger partial charge >= 0.3 is 0 Å². The molecule has 1 aromatic carbocycles. The van der Waals surface area contributed by atoms with Gasteiger partial charge in [0, 0.05) is 32.1 Å². The Balaban J connectivity index is 1.65. The van der Waals surface area contributed by atoms with Crippen LogP contribution in [-0.4, -0.2) is 49.4 Å². The minimum absolute atomic E-state index is 0.0305. The van der Waals surface area contributed by atoms with E-state index in [1.165, 1.54) is 0 Å². The topological polar surface area (TPSA) is 72.2 Å². The summed E-state index contributed by atoms with van der Waals surface area (Å²) in [5, 5.41) is 0. The number of benzene rings is 1. The molecule has 2 heterocycles. The second-order valence-electron chi connectivity index (χ2n) is 6.60. The maximum atomic E-state index is 12.8. The Morgan fingerprint density at radius 2 is 2.07 bits per heavy atom. The minimum Gasteiger partial charge on any atom is -0.493 e. The number of carbonyl (C=O) groups is 2. The van der Waals surface area contributed by atoms with E-state index in [1.54, 1.807) is 43.4 Å². The van der Waals surface area contributed by atoms with Crippen LogP contribution in [0.5, 0.6) is 11.5 Å². The van der Waals surface area contributed by atoms with Crippen molar-refractivity contribution >= 4 is 11.8 Å². The largest absolute Gasteiger partial charge is 0.493 e. The van der Waals surface area contributed by atoms with Crippen molar-refractivity contribution in [2.24, 2.45) is 5.92 Å². The number of methoxy groups -OCH3 is 2. The highest BCUT2D eigenvalue weighted by molar-refractivity contribution is 5.89. The molecule has 0 aliphatic carbocycles. The third-order valence-electron chi connectivity index (χ3n) is 4.76. The normalized spacial score (nSPS) is 16.5. The van der Waals surface area contributed by atoms with Crippen LogP contribution in [0.15, 0.2) is 41.0 Å². The Morgan fingerprint density at radius 1 is 1.26 bits per heavy atom. The first kappa shape index (κ1) is 18.8. The molecule has 0 bridgehead atoms. The molecule has 7 nitrogen and oxygen atoms in total. The molecule has 0 saturated carbocycles. The van der Waals surface area contributed by atoms with Crippen LogP contribution in [0.2, 0.25) is 0 Å². The van der Waals surface area contributed by atoms with Crippen molar-refractivity contribution in [2.45, 2.75) is 19.5 Å². The first-order chi connectivity index (χ1) is 13.0. The van der Waals surface area contributed by atoms with Gasteiger partial charge < -0.3 is 23.7 Å². The van der Waals surface area contributed by atoms with Crippen molar-refractivity contribution in [3.63, 3.8) is 0 Å². The number of ether oxygens (including phenoxy) is 2. The molecule has 7 heteroatoms. The summed E-state index contributed by atoms with van der Waals surface area (Å²) in [5.74, 6) is 1.50. The molecular weight excluding hydrogens is 348 g/mol. The zero-order valence-corrected chi connectivity index (χ0v) is 15.8. The van der Waals surface area contributed by atoms with Gasteiger partial charge in [0.05, 0.1) is 32.9 Å². The van der Waals surface area contributed by atoms with E-state index in [4.69, 9.17) is 13.9 Å². The molecule has 1 saturated heterocycles. The number of likely N-dealkylation sites (tertiary alicyclic amines) is 1. The van der Waals surface area contributed by atoms with E-state index in [0.29, 0.717) is 36.9 Å². The van der Waals surface area contributed by atoms with Gasteiger partial charge in [0.2, 0.25) is 11.8 Å². The predicted octanol–water partition coefficient (Wildman–Crippen LogP) is 2.30. The monoisotopic (exact) mass is 372 g/mol. The summed E-state index contributed by atoms with van der Waals surface area (Å²) in [4.78, 5) is 28.4. The van der Waals surface area contributed by atoms with Gasteiger partial charge in [-0.2, -0.15) is 0 Å². The van der Waals surface area contributed by atoms with Gasteiger partial charge in [-0.05, 0) is 18.2 Å². The minimum atomic E-state index is -0.353. The van der Waals surface area contributed by atoms with Gasteiger partial charge in [-0.1, -0.05) is 12.1 Å². The average Bonchev–Trinajstić information content (AvgIpc) is 3.31. The van der Waals surface area contributed by atoms with E-state index in [2.05, 4.69) is 0 Å². The van der Waals surface area contributed by atoms with Crippen molar-refractivity contribution < 1.29 is 23.5 Å². The van der Waals surface area contributed by atoms with Crippen molar-refractivity contribution in [1.29, 1.82) is 0 Å². The fourth-order valence-electron chi connectivity index (χ4n) is 3.40. The zero-order valence-electron chi connectivity index (χ0n) is 15.8. The van der Waals surface area contributed by atoms with Gasteiger partial charge in [-0.25, -0.2) is 0 Å². The van der Waals surface area contributed by atoms with E-state index in [0.717, 1.165) is 5.56 Å². The number of para-hydroxylation sites is 1. The highest BCUT2D eigenvalue weighted by Crippen LogP contribution is 2.32. The summed E-state index contributed by atoms with van der Waals surface area (Å²) in [6.45, 7) is 1.17. The first-order valence-electron chi connectivity index (χ1n) is 8.78. The Labute approximate surface area is 158 Å². The van der Waals surface area contributed by atoms with E-state index in [9.17, 15) is 9.59 Å². The van der Waals surface area contributed by atoms with E-state index in [-0.39, 0.29) is 24.2 Å². The van der Waals surface area contributed by atoms with E-state index in [1.807, 2.05) is 24.3 Å². The predicted molar refractivity (Wildman–Crippen MR) is 98.3 cm³/mol. The maximum Gasteiger partial charge on any atom is 0.228 e. The van der Waals surface area contributed by atoms with Crippen LogP contribution >= 0.6 is 0 Å². The lowest BCUT2D eigenvalue weighted by Crippen LogP contribution is -2.34. The van der Waals surface area contributed by atoms with E-state index < -0.39 is 0 Å². The molecule has 27 heavy (non-hydrogen) atoms. The number of carbonyl (C=O) groups excluding carboxylic acids is 2. The Kier molecular flexibility index (Phi) is 5.69. The molecule has 0 radical (unpaired) electrons. The molecule has 0 spiro atoms. The SMILES string of the molecule is COc1cccc(CN(C)C(=O)C2CC(=O)N(Cc3ccco3)C2)c1OC. The van der Waals surface area contributed by atoms with E-state index >= 15 is 0 Å². The third-order valence-corrected chi connectivity index (χ3v) is 4.76. The Hall–Kier alpha value is -2.96. The number of amides is 2. The van der Waals surface area contributed by atoms with Crippen molar-refractivity contribution in [2.75, 3.05) is 27.8 Å². The maximum absolute atomic E-state index is 12.8. The molecule has 0 N–H and O–H groups in total. The summed E-state index contributed by atoms with van der Waals surface area (Å²) < 4.78 is 16.0.